The van der Waals surface area contributed by atoms with Gasteiger partial charge in [-0.05, 0) is 90.3 Å². The van der Waals surface area contributed by atoms with E-state index in [2.05, 4.69) is 76.2 Å². The van der Waals surface area contributed by atoms with E-state index < -0.39 is 0 Å². The average molecular weight is 373 g/mol. The second-order valence-corrected chi connectivity index (χ2v) is 11.7. The first-order valence-corrected chi connectivity index (χ1v) is 12.2. The summed E-state index contributed by atoms with van der Waals surface area (Å²) in [4.78, 5) is 0. The lowest BCUT2D eigenvalue weighted by atomic mass is 9.58. The van der Waals surface area contributed by atoms with E-state index >= 15 is 0 Å². The Balaban J connectivity index is 1.91. The third-order valence-corrected chi connectivity index (χ3v) is 11.3. The van der Waals surface area contributed by atoms with E-state index in [1.54, 1.807) is 5.57 Å². The van der Waals surface area contributed by atoms with Crippen LogP contribution in [0.4, 0.5) is 0 Å². The van der Waals surface area contributed by atoms with Crippen LogP contribution in [-0.4, -0.2) is 0 Å². The van der Waals surface area contributed by atoms with Crippen molar-refractivity contribution in [1.29, 1.82) is 0 Å². The van der Waals surface area contributed by atoms with Crippen molar-refractivity contribution in [1.82, 2.24) is 0 Å². The maximum Gasteiger partial charge on any atom is -0.0195 e. The van der Waals surface area contributed by atoms with Gasteiger partial charge in [-0.25, -0.2) is 0 Å². The number of hydrogen-bond acceptors (Lipinski definition) is 0. The van der Waals surface area contributed by atoms with Gasteiger partial charge in [0.05, 0.1) is 0 Å². The largest absolute Gasteiger partial charge is 0.0705 e. The lowest BCUT2D eigenvalue weighted by molar-refractivity contribution is 0.0136. The SMILES string of the molecule is CC1=C(C(C)C2CC3C(C)C(C)C(C)C(C)C3C2C)C(C)C(C)C(C)C1C. The molecule has 0 aromatic rings. The molecule has 0 saturated heterocycles. The Morgan fingerprint density at radius 2 is 1.15 bits per heavy atom. The number of rotatable bonds is 2. The molecule has 2 fully saturated rings. The monoisotopic (exact) mass is 372 g/mol. The first-order chi connectivity index (χ1) is 12.5. The third kappa shape index (κ3) is 3.16. The van der Waals surface area contributed by atoms with Gasteiger partial charge in [-0.2, -0.15) is 0 Å². The van der Waals surface area contributed by atoms with Gasteiger partial charge in [0.2, 0.25) is 0 Å². The van der Waals surface area contributed by atoms with Crippen LogP contribution in [0, 0.1) is 76.9 Å². The molecule has 0 heterocycles. The van der Waals surface area contributed by atoms with Gasteiger partial charge in [-0.3, -0.25) is 0 Å². The van der Waals surface area contributed by atoms with Crippen molar-refractivity contribution in [3.8, 4) is 0 Å². The molecule has 0 amide bonds. The van der Waals surface area contributed by atoms with E-state index in [1.165, 1.54) is 6.42 Å². The van der Waals surface area contributed by atoms with E-state index in [1.807, 2.05) is 5.57 Å². The fourth-order valence-corrected chi connectivity index (χ4v) is 8.37. The zero-order valence-electron chi connectivity index (χ0n) is 20.2. The van der Waals surface area contributed by atoms with E-state index in [9.17, 15) is 0 Å². The second kappa shape index (κ2) is 7.53. The van der Waals surface area contributed by atoms with Gasteiger partial charge in [-0.1, -0.05) is 80.4 Å². The number of allylic oxidation sites excluding steroid dienone is 2. The molecule has 27 heavy (non-hydrogen) atoms. The highest BCUT2D eigenvalue weighted by molar-refractivity contribution is 5.26. The standard InChI is InChI=1S/C27H48/c1-13-15(3)19(7)26(20(8)16(13)4)22(10)24-12-25-18(6)14(2)17(5)21(9)27(25)23(24)11/h13-19,21-25,27H,12H2,1-11H3. The Kier molecular flexibility index (Phi) is 5.98. The van der Waals surface area contributed by atoms with Crippen LogP contribution < -0.4 is 0 Å². The molecule has 0 radical (unpaired) electrons. The molecule has 0 spiro atoms. The van der Waals surface area contributed by atoms with Crippen molar-refractivity contribution < 1.29 is 0 Å². The third-order valence-electron chi connectivity index (χ3n) is 11.3. The molecule has 3 aliphatic carbocycles. The van der Waals surface area contributed by atoms with E-state index in [0.717, 1.165) is 76.9 Å². The van der Waals surface area contributed by atoms with Gasteiger partial charge in [0.25, 0.3) is 0 Å². The molecule has 0 aromatic carbocycles. The van der Waals surface area contributed by atoms with Gasteiger partial charge in [0.15, 0.2) is 0 Å². The van der Waals surface area contributed by atoms with Gasteiger partial charge in [-0.15, -0.1) is 0 Å². The molecular formula is C27H48. The summed E-state index contributed by atoms with van der Waals surface area (Å²) in [6.07, 6.45) is 1.48. The summed E-state index contributed by atoms with van der Waals surface area (Å²) in [5.41, 5.74) is 3.59. The summed E-state index contributed by atoms with van der Waals surface area (Å²) in [5, 5.41) is 0. The van der Waals surface area contributed by atoms with E-state index in [-0.39, 0.29) is 0 Å². The fraction of sp³-hybridized carbons (Fsp3) is 0.926. The van der Waals surface area contributed by atoms with Gasteiger partial charge in [0, 0.05) is 0 Å². The van der Waals surface area contributed by atoms with Gasteiger partial charge < -0.3 is 0 Å². The van der Waals surface area contributed by atoms with Crippen LogP contribution in [0.1, 0.15) is 82.6 Å². The maximum atomic E-state index is 2.62. The van der Waals surface area contributed by atoms with Gasteiger partial charge in [0.1, 0.15) is 0 Å². The first kappa shape index (κ1) is 21.4. The Morgan fingerprint density at radius 1 is 0.630 bits per heavy atom. The van der Waals surface area contributed by atoms with Crippen molar-refractivity contribution >= 4 is 0 Å². The van der Waals surface area contributed by atoms with Crippen LogP contribution in [0.25, 0.3) is 0 Å². The summed E-state index contributed by atoms with van der Waals surface area (Å²) in [7, 11) is 0. The Hall–Kier alpha value is -0.260. The summed E-state index contributed by atoms with van der Waals surface area (Å²) in [6, 6.07) is 0. The molecule has 0 bridgehead atoms. The first-order valence-electron chi connectivity index (χ1n) is 12.2. The molecule has 0 nitrogen and oxygen atoms in total. The lowest BCUT2D eigenvalue weighted by Gasteiger charge is -2.47. The molecule has 3 rings (SSSR count). The van der Waals surface area contributed by atoms with E-state index in [0.29, 0.717) is 0 Å². The number of hydrogen-bond donors (Lipinski definition) is 0. The van der Waals surface area contributed by atoms with Crippen molar-refractivity contribution in [3.63, 3.8) is 0 Å². The van der Waals surface area contributed by atoms with Crippen LogP contribution in [0.5, 0.6) is 0 Å². The maximum absolute atomic E-state index is 2.62. The molecule has 3 aliphatic rings. The van der Waals surface area contributed by atoms with Crippen LogP contribution in [-0.2, 0) is 0 Å². The summed E-state index contributed by atoms with van der Waals surface area (Å²) in [5.74, 6) is 11.2. The van der Waals surface area contributed by atoms with Crippen molar-refractivity contribution in [3.05, 3.63) is 11.1 Å². The average Bonchev–Trinajstić information content (AvgIpc) is 2.98. The fourth-order valence-electron chi connectivity index (χ4n) is 8.37. The predicted octanol–water partition coefficient (Wildman–Crippen LogP) is 7.94. The zero-order chi connectivity index (χ0) is 20.4. The second-order valence-electron chi connectivity index (χ2n) is 11.7. The Morgan fingerprint density at radius 3 is 1.74 bits per heavy atom. The normalized spacial score (nSPS) is 54.8. The molecule has 2 saturated carbocycles. The molecule has 0 aromatic heterocycles. The molecule has 0 heteroatoms. The topological polar surface area (TPSA) is 0 Å². The summed E-state index contributed by atoms with van der Waals surface area (Å²) in [6.45, 7) is 27.9. The molecule has 0 aliphatic heterocycles. The predicted molar refractivity (Wildman–Crippen MR) is 119 cm³/mol. The molecule has 13 atom stereocenters. The van der Waals surface area contributed by atoms with Crippen molar-refractivity contribution in [2.45, 2.75) is 82.6 Å². The Labute approximate surface area is 171 Å². The van der Waals surface area contributed by atoms with Crippen molar-refractivity contribution in [2.75, 3.05) is 0 Å². The minimum atomic E-state index is 0.755. The molecule has 13 unspecified atom stereocenters. The minimum absolute atomic E-state index is 0.755. The number of fused-ring (bicyclic) bond motifs is 1. The minimum Gasteiger partial charge on any atom is -0.0705 e. The molecular weight excluding hydrogens is 324 g/mol. The lowest BCUT2D eigenvalue weighted by Crippen LogP contribution is -2.41. The van der Waals surface area contributed by atoms with Crippen LogP contribution in [0.15, 0.2) is 11.1 Å². The van der Waals surface area contributed by atoms with Crippen LogP contribution in [0.3, 0.4) is 0 Å². The highest BCUT2D eigenvalue weighted by Crippen LogP contribution is 2.60. The highest BCUT2D eigenvalue weighted by atomic mass is 14.6. The van der Waals surface area contributed by atoms with Crippen LogP contribution in [0.2, 0.25) is 0 Å². The van der Waals surface area contributed by atoms with E-state index in [4.69, 9.17) is 0 Å². The highest BCUT2D eigenvalue weighted by Gasteiger charge is 2.53. The van der Waals surface area contributed by atoms with Crippen LogP contribution >= 0.6 is 0 Å². The molecule has 156 valence electrons. The van der Waals surface area contributed by atoms with Crippen molar-refractivity contribution in [2.24, 2.45) is 76.9 Å². The quantitative estimate of drug-likeness (QED) is 0.431. The summed E-state index contributed by atoms with van der Waals surface area (Å²) >= 11 is 0. The molecule has 0 N–H and O–H groups in total. The zero-order valence-corrected chi connectivity index (χ0v) is 20.2. The smallest absolute Gasteiger partial charge is 0.0195 e. The summed E-state index contributed by atoms with van der Waals surface area (Å²) < 4.78 is 0. The van der Waals surface area contributed by atoms with Gasteiger partial charge >= 0.3 is 0 Å². The Bertz CT molecular complexity index is 571.